The molecule has 3 aromatic rings. The molecule has 0 aliphatic carbocycles. The molecule has 0 aliphatic rings. The Morgan fingerprint density at radius 3 is 2.60 bits per heavy atom. The van der Waals surface area contributed by atoms with Gasteiger partial charge in [-0.1, -0.05) is 31.5 Å². The minimum Gasteiger partial charge on any atom is -0.486 e. The minimum atomic E-state index is -0.248. The van der Waals surface area contributed by atoms with E-state index in [0.717, 1.165) is 16.5 Å². The number of benzene rings is 1. The van der Waals surface area contributed by atoms with Crippen molar-refractivity contribution in [2.45, 2.75) is 33.3 Å². The quantitative estimate of drug-likeness (QED) is 0.670. The second-order valence-corrected chi connectivity index (χ2v) is 7.72. The van der Waals surface area contributed by atoms with Crippen molar-refractivity contribution >= 4 is 33.7 Å². The van der Waals surface area contributed by atoms with Crippen molar-refractivity contribution in [1.82, 2.24) is 9.97 Å². The molecule has 130 valence electrons. The van der Waals surface area contributed by atoms with E-state index in [2.05, 4.69) is 29.1 Å². The average Bonchev–Trinajstić information content (AvgIpc) is 3.23. The van der Waals surface area contributed by atoms with Crippen LogP contribution < -0.4 is 10.1 Å². The van der Waals surface area contributed by atoms with Gasteiger partial charge in [0.15, 0.2) is 5.13 Å². The minimum absolute atomic E-state index is 0.248. The summed E-state index contributed by atoms with van der Waals surface area (Å²) in [4.78, 5) is 21.0. The molecule has 25 heavy (non-hydrogen) atoms. The molecule has 5 nitrogen and oxygen atoms in total. The molecule has 7 heteroatoms. The van der Waals surface area contributed by atoms with Gasteiger partial charge in [0.2, 0.25) is 0 Å². The number of ether oxygens (including phenoxy) is 1. The van der Waals surface area contributed by atoms with Crippen LogP contribution >= 0.6 is 22.7 Å². The number of thiazole rings is 2. The fourth-order valence-corrected chi connectivity index (χ4v) is 3.58. The predicted octanol–water partition coefficient (Wildman–Crippen LogP) is 4.86. The number of hydrogen-bond acceptors (Lipinski definition) is 6. The van der Waals surface area contributed by atoms with Crippen LogP contribution in [-0.2, 0) is 6.61 Å². The molecule has 1 N–H and O–H groups in total. The summed E-state index contributed by atoms with van der Waals surface area (Å²) in [5.41, 5.74) is 2.54. The number of aryl methyl sites for hydroxylation is 1. The van der Waals surface area contributed by atoms with Gasteiger partial charge in [-0.25, -0.2) is 9.97 Å². The first-order valence-electron chi connectivity index (χ1n) is 7.92. The van der Waals surface area contributed by atoms with Crippen molar-refractivity contribution in [3.05, 3.63) is 57.0 Å². The van der Waals surface area contributed by atoms with Crippen LogP contribution in [0.3, 0.4) is 0 Å². The molecule has 0 bridgehead atoms. The number of carbonyl (C=O) groups excluding carboxylic acids is 1. The molecule has 0 atom stereocenters. The van der Waals surface area contributed by atoms with Crippen molar-refractivity contribution < 1.29 is 9.53 Å². The first-order valence-corrected chi connectivity index (χ1v) is 9.68. The lowest BCUT2D eigenvalue weighted by Crippen LogP contribution is -2.12. The van der Waals surface area contributed by atoms with Gasteiger partial charge in [0.05, 0.1) is 5.69 Å². The Kier molecular flexibility index (Phi) is 5.45. The molecule has 0 saturated carbocycles. The van der Waals surface area contributed by atoms with Crippen LogP contribution in [0, 0.1) is 6.92 Å². The lowest BCUT2D eigenvalue weighted by Gasteiger charge is -2.03. The summed E-state index contributed by atoms with van der Waals surface area (Å²) in [5.74, 6) is 0.880. The third kappa shape index (κ3) is 4.64. The zero-order valence-electron chi connectivity index (χ0n) is 14.3. The molecular weight excluding hydrogens is 354 g/mol. The Hall–Kier alpha value is -2.25. The highest BCUT2D eigenvalue weighted by atomic mass is 32.1. The highest BCUT2D eigenvalue weighted by molar-refractivity contribution is 7.14. The van der Waals surface area contributed by atoms with E-state index in [-0.39, 0.29) is 5.91 Å². The van der Waals surface area contributed by atoms with Crippen LogP contribution in [0.1, 0.15) is 46.5 Å². The summed E-state index contributed by atoms with van der Waals surface area (Å²) in [7, 11) is 0. The van der Waals surface area contributed by atoms with E-state index in [1.54, 1.807) is 5.38 Å². The molecule has 2 heterocycles. The second kappa shape index (κ2) is 7.76. The number of amides is 1. The van der Waals surface area contributed by atoms with Crippen molar-refractivity contribution in [1.29, 1.82) is 0 Å². The van der Waals surface area contributed by atoms with Gasteiger partial charge >= 0.3 is 0 Å². The second-order valence-electron chi connectivity index (χ2n) is 5.91. The summed E-state index contributed by atoms with van der Waals surface area (Å²) in [5, 5.41) is 7.85. The van der Waals surface area contributed by atoms with Crippen LogP contribution in [0.5, 0.6) is 5.75 Å². The number of nitrogens with zero attached hydrogens (tertiary/aromatic N) is 2. The lowest BCUT2D eigenvalue weighted by atomic mass is 10.2. The molecule has 0 fully saturated rings. The standard InChI is InChI=1S/C18H19N3O2S2/c1-11(2)14-9-25-18(20-14)21-17(22)15-10-24-16(19-15)8-23-13-6-4-12(3)5-7-13/h4-7,9-11H,8H2,1-3H3,(H,20,21,22). The maximum atomic E-state index is 12.3. The van der Waals surface area contributed by atoms with Crippen LogP contribution in [-0.4, -0.2) is 15.9 Å². The van der Waals surface area contributed by atoms with Gasteiger partial charge in [-0.15, -0.1) is 22.7 Å². The fraction of sp³-hybridized carbons (Fsp3) is 0.278. The average molecular weight is 374 g/mol. The SMILES string of the molecule is Cc1ccc(OCc2nc(C(=O)Nc3nc(C(C)C)cs3)cs2)cc1. The number of carbonyl (C=O) groups is 1. The van der Waals surface area contributed by atoms with Gasteiger partial charge < -0.3 is 4.74 Å². The summed E-state index contributed by atoms with van der Waals surface area (Å²) in [6.07, 6.45) is 0. The Morgan fingerprint density at radius 1 is 1.16 bits per heavy atom. The predicted molar refractivity (Wildman–Crippen MR) is 102 cm³/mol. The summed E-state index contributed by atoms with van der Waals surface area (Å²) in [6, 6.07) is 7.83. The van der Waals surface area contributed by atoms with Crippen molar-refractivity contribution in [2.75, 3.05) is 5.32 Å². The molecule has 1 amide bonds. The Bertz CT molecular complexity index is 853. The monoisotopic (exact) mass is 373 g/mol. The van der Waals surface area contributed by atoms with Crippen LogP contribution in [0.2, 0.25) is 0 Å². The van der Waals surface area contributed by atoms with E-state index in [9.17, 15) is 4.79 Å². The fourth-order valence-electron chi connectivity index (χ4n) is 2.03. The molecular formula is C18H19N3O2S2. The van der Waals surface area contributed by atoms with E-state index < -0.39 is 0 Å². The van der Waals surface area contributed by atoms with Crippen LogP contribution in [0.25, 0.3) is 0 Å². The Balaban J connectivity index is 1.58. The van der Waals surface area contributed by atoms with Crippen molar-refractivity contribution in [3.8, 4) is 5.75 Å². The number of nitrogens with one attached hydrogen (secondary N) is 1. The van der Waals surface area contributed by atoms with Gasteiger partial charge in [-0.05, 0) is 25.0 Å². The molecule has 0 spiro atoms. The van der Waals surface area contributed by atoms with Crippen LogP contribution in [0.15, 0.2) is 35.0 Å². The maximum absolute atomic E-state index is 12.3. The largest absolute Gasteiger partial charge is 0.486 e. The number of aromatic nitrogens is 2. The van der Waals surface area contributed by atoms with E-state index in [1.807, 2.05) is 36.6 Å². The summed E-state index contributed by atoms with van der Waals surface area (Å²) in [6.45, 7) is 6.51. The molecule has 0 unspecified atom stereocenters. The van der Waals surface area contributed by atoms with Gasteiger partial charge in [0.25, 0.3) is 5.91 Å². The van der Waals surface area contributed by atoms with Gasteiger partial charge in [-0.2, -0.15) is 0 Å². The van der Waals surface area contributed by atoms with Gasteiger partial charge in [-0.3, -0.25) is 10.1 Å². The summed E-state index contributed by atoms with van der Waals surface area (Å²) >= 11 is 2.83. The Labute approximate surface area is 154 Å². The lowest BCUT2D eigenvalue weighted by molar-refractivity contribution is 0.102. The molecule has 0 aliphatic heterocycles. The zero-order chi connectivity index (χ0) is 17.8. The first kappa shape index (κ1) is 17.6. The van der Waals surface area contributed by atoms with E-state index >= 15 is 0 Å². The van der Waals surface area contributed by atoms with Gasteiger partial charge in [0, 0.05) is 10.8 Å². The molecule has 2 aromatic heterocycles. The zero-order valence-corrected chi connectivity index (χ0v) is 15.9. The highest BCUT2D eigenvalue weighted by Crippen LogP contribution is 2.22. The maximum Gasteiger partial charge on any atom is 0.276 e. The Morgan fingerprint density at radius 2 is 1.92 bits per heavy atom. The third-order valence-electron chi connectivity index (χ3n) is 3.50. The highest BCUT2D eigenvalue weighted by Gasteiger charge is 2.14. The smallest absolute Gasteiger partial charge is 0.276 e. The third-order valence-corrected chi connectivity index (χ3v) is 5.10. The normalized spacial score (nSPS) is 10.9. The van der Waals surface area contributed by atoms with Gasteiger partial charge in [0.1, 0.15) is 23.1 Å². The van der Waals surface area contributed by atoms with E-state index in [4.69, 9.17) is 4.74 Å². The first-order chi connectivity index (χ1) is 12.0. The number of rotatable bonds is 6. The molecule has 0 saturated heterocycles. The molecule has 1 aromatic carbocycles. The van der Waals surface area contributed by atoms with E-state index in [1.165, 1.54) is 28.2 Å². The van der Waals surface area contributed by atoms with Crippen molar-refractivity contribution in [2.24, 2.45) is 0 Å². The topological polar surface area (TPSA) is 64.1 Å². The van der Waals surface area contributed by atoms with E-state index in [0.29, 0.717) is 23.4 Å². The molecule has 3 rings (SSSR count). The van der Waals surface area contributed by atoms with Crippen LogP contribution in [0.4, 0.5) is 5.13 Å². The number of hydrogen-bond donors (Lipinski definition) is 1. The number of anilines is 1. The molecule has 0 radical (unpaired) electrons. The summed E-state index contributed by atoms with van der Waals surface area (Å²) < 4.78 is 5.69. The van der Waals surface area contributed by atoms with Crippen molar-refractivity contribution in [3.63, 3.8) is 0 Å².